The highest BCUT2D eigenvalue weighted by Crippen LogP contribution is 2.18. The van der Waals surface area contributed by atoms with Crippen molar-refractivity contribution in [3.05, 3.63) is 5.82 Å². The summed E-state index contributed by atoms with van der Waals surface area (Å²) in [7, 11) is 0. The van der Waals surface area contributed by atoms with Crippen LogP contribution >= 0.6 is 11.8 Å². The van der Waals surface area contributed by atoms with E-state index >= 15 is 0 Å². The van der Waals surface area contributed by atoms with Gasteiger partial charge < -0.3 is 0 Å². The van der Waals surface area contributed by atoms with E-state index in [1.54, 1.807) is 0 Å². The number of hydrogen-bond acceptors (Lipinski definition) is 3. The average Bonchev–Trinajstić information content (AvgIpc) is 2.12. The Bertz CT molecular complexity index is 237. The molecule has 0 saturated carbocycles. The lowest BCUT2D eigenvalue weighted by Crippen LogP contribution is -2.12. The molecule has 0 unspecified atom stereocenters. The summed E-state index contributed by atoms with van der Waals surface area (Å²) < 4.78 is 1.19. The highest BCUT2D eigenvalue weighted by atomic mass is 35.5. The van der Waals surface area contributed by atoms with Gasteiger partial charge in [0.25, 0.3) is 0 Å². The largest absolute Gasteiger partial charge is 0.170 e. The number of rotatable bonds is 1. The number of hydrogen-bond donors (Lipinski definition) is 0. The summed E-state index contributed by atoms with van der Waals surface area (Å²) in [6.45, 7) is 6.33. The zero-order valence-electron chi connectivity index (χ0n) is 6.87. The lowest BCUT2D eigenvalue weighted by Gasteiger charge is -2.15. The highest BCUT2D eigenvalue weighted by molar-refractivity contribution is 6.14. The molecule has 1 aromatic rings. The van der Waals surface area contributed by atoms with Gasteiger partial charge in [0.05, 0.1) is 0 Å². The molecule has 0 bridgehead atoms. The molecule has 0 aliphatic rings. The number of halogens is 1. The Morgan fingerprint density at radius 1 is 1.45 bits per heavy atom. The first kappa shape index (κ1) is 8.46. The Labute approximate surface area is 70.7 Å². The molecule has 1 heterocycles. The standard InChI is InChI=1S/C6H11ClN4/c1-6(2,3)4-5-8-9-10-11(5)7/h4H2,1-3H3. The highest BCUT2D eigenvalue weighted by Gasteiger charge is 2.15. The van der Waals surface area contributed by atoms with E-state index in [4.69, 9.17) is 11.8 Å². The molecule has 0 fully saturated rings. The van der Waals surface area contributed by atoms with Crippen molar-refractivity contribution in [3.8, 4) is 0 Å². The minimum Gasteiger partial charge on any atom is -0.136 e. The minimum atomic E-state index is 0.168. The van der Waals surface area contributed by atoms with Crippen molar-refractivity contribution < 1.29 is 0 Å². The van der Waals surface area contributed by atoms with Gasteiger partial charge in [-0.15, -0.1) is 9.30 Å². The summed E-state index contributed by atoms with van der Waals surface area (Å²) >= 11 is 5.63. The quantitative estimate of drug-likeness (QED) is 0.644. The molecule has 0 atom stereocenters. The smallest absolute Gasteiger partial charge is 0.136 e. The summed E-state index contributed by atoms with van der Waals surface area (Å²) in [6, 6.07) is 0. The van der Waals surface area contributed by atoms with Gasteiger partial charge in [-0.25, -0.2) is 0 Å². The summed E-state index contributed by atoms with van der Waals surface area (Å²) in [6.07, 6.45) is 0.781. The van der Waals surface area contributed by atoms with Gasteiger partial charge in [-0.2, -0.15) is 0 Å². The first-order valence-electron chi connectivity index (χ1n) is 3.42. The van der Waals surface area contributed by atoms with Crippen LogP contribution in [-0.2, 0) is 6.42 Å². The van der Waals surface area contributed by atoms with Crippen molar-refractivity contribution in [1.82, 2.24) is 19.7 Å². The molecule has 1 rings (SSSR count). The van der Waals surface area contributed by atoms with Crippen molar-refractivity contribution >= 4 is 11.8 Å². The maximum atomic E-state index is 5.63. The maximum absolute atomic E-state index is 5.63. The van der Waals surface area contributed by atoms with Gasteiger partial charge in [-0.1, -0.05) is 20.8 Å². The van der Waals surface area contributed by atoms with Crippen LogP contribution in [0.4, 0.5) is 0 Å². The van der Waals surface area contributed by atoms with E-state index in [2.05, 4.69) is 36.3 Å². The molecule has 11 heavy (non-hydrogen) atoms. The van der Waals surface area contributed by atoms with Crippen LogP contribution in [0.25, 0.3) is 0 Å². The molecule has 0 radical (unpaired) electrons. The van der Waals surface area contributed by atoms with E-state index in [0.717, 1.165) is 6.42 Å². The van der Waals surface area contributed by atoms with Gasteiger partial charge in [-0.05, 0) is 15.8 Å². The average molecular weight is 175 g/mol. The Balaban J connectivity index is 2.72. The Morgan fingerprint density at radius 2 is 2.09 bits per heavy atom. The first-order chi connectivity index (χ1) is 4.99. The van der Waals surface area contributed by atoms with Gasteiger partial charge in [0.15, 0.2) is 5.82 Å². The summed E-state index contributed by atoms with van der Waals surface area (Å²) in [5, 5.41) is 10.7. The van der Waals surface area contributed by atoms with Gasteiger partial charge in [0, 0.05) is 18.2 Å². The Morgan fingerprint density at radius 3 is 2.45 bits per heavy atom. The van der Waals surface area contributed by atoms with Crippen molar-refractivity contribution in [2.45, 2.75) is 27.2 Å². The SMILES string of the molecule is CC(C)(C)Cc1nnnn1Cl. The maximum Gasteiger partial charge on any atom is 0.170 e. The van der Waals surface area contributed by atoms with Gasteiger partial charge in [0.1, 0.15) is 0 Å². The summed E-state index contributed by atoms with van der Waals surface area (Å²) in [5.41, 5.74) is 0.168. The second kappa shape index (κ2) is 2.77. The van der Waals surface area contributed by atoms with E-state index in [1.165, 1.54) is 4.20 Å². The molecule has 0 aromatic carbocycles. The Hall–Kier alpha value is -0.640. The van der Waals surface area contributed by atoms with Crippen molar-refractivity contribution in [3.63, 3.8) is 0 Å². The molecule has 1 aromatic heterocycles. The fourth-order valence-corrected chi connectivity index (χ4v) is 0.894. The molecule has 4 nitrogen and oxygen atoms in total. The third-order valence-corrected chi connectivity index (χ3v) is 1.44. The fraction of sp³-hybridized carbons (Fsp3) is 0.833. The molecule has 0 aliphatic heterocycles. The van der Waals surface area contributed by atoms with Crippen LogP contribution in [0, 0.1) is 5.41 Å². The molecule has 5 heteroatoms. The second-order valence-corrected chi connectivity index (χ2v) is 4.01. The molecule has 0 amide bonds. The van der Waals surface area contributed by atoms with E-state index in [-0.39, 0.29) is 5.41 Å². The molecule has 0 N–H and O–H groups in total. The third kappa shape index (κ3) is 2.46. The Kier molecular flexibility index (Phi) is 2.13. The van der Waals surface area contributed by atoms with E-state index in [0.29, 0.717) is 5.82 Å². The van der Waals surface area contributed by atoms with Crippen LogP contribution < -0.4 is 0 Å². The predicted octanol–water partition coefficient (Wildman–Crippen LogP) is 1.26. The lowest BCUT2D eigenvalue weighted by molar-refractivity contribution is 0.398. The van der Waals surface area contributed by atoms with Crippen LogP contribution in [0.5, 0.6) is 0 Å². The van der Waals surface area contributed by atoms with Crippen molar-refractivity contribution in [1.29, 1.82) is 0 Å². The normalized spacial score (nSPS) is 12.0. The molecular formula is C6H11ClN4. The van der Waals surface area contributed by atoms with Crippen LogP contribution in [0.3, 0.4) is 0 Å². The third-order valence-electron chi connectivity index (χ3n) is 1.18. The lowest BCUT2D eigenvalue weighted by atomic mass is 9.92. The second-order valence-electron chi connectivity index (χ2n) is 3.69. The van der Waals surface area contributed by atoms with E-state index in [9.17, 15) is 0 Å². The first-order valence-corrected chi connectivity index (χ1v) is 3.76. The van der Waals surface area contributed by atoms with Crippen LogP contribution in [0.15, 0.2) is 0 Å². The molecule has 0 aliphatic carbocycles. The van der Waals surface area contributed by atoms with Crippen LogP contribution in [0.1, 0.15) is 26.6 Å². The van der Waals surface area contributed by atoms with Crippen molar-refractivity contribution in [2.75, 3.05) is 0 Å². The molecule has 62 valence electrons. The van der Waals surface area contributed by atoms with E-state index in [1.807, 2.05) is 0 Å². The summed E-state index contributed by atoms with van der Waals surface area (Å²) in [5.74, 6) is 0.708. The molecular weight excluding hydrogens is 164 g/mol. The zero-order valence-corrected chi connectivity index (χ0v) is 7.63. The number of aromatic nitrogens is 4. The number of nitrogens with zero attached hydrogens (tertiary/aromatic N) is 4. The van der Waals surface area contributed by atoms with Crippen LogP contribution in [-0.4, -0.2) is 19.7 Å². The van der Waals surface area contributed by atoms with Crippen molar-refractivity contribution in [2.24, 2.45) is 5.41 Å². The fourth-order valence-electron chi connectivity index (χ4n) is 0.770. The topological polar surface area (TPSA) is 43.6 Å². The van der Waals surface area contributed by atoms with Gasteiger partial charge in [-0.3, -0.25) is 0 Å². The van der Waals surface area contributed by atoms with Gasteiger partial charge >= 0.3 is 0 Å². The number of tetrazole rings is 1. The molecule has 0 spiro atoms. The van der Waals surface area contributed by atoms with Crippen LogP contribution in [0.2, 0.25) is 0 Å². The monoisotopic (exact) mass is 174 g/mol. The van der Waals surface area contributed by atoms with E-state index < -0.39 is 0 Å². The summed E-state index contributed by atoms with van der Waals surface area (Å²) in [4.78, 5) is 0. The van der Waals surface area contributed by atoms with Gasteiger partial charge in [0.2, 0.25) is 0 Å². The predicted molar refractivity (Wildman–Crippen MR) is 42.2 cm³/mol. The molecule has 0 saturated heterocycles. The zero-order chi connectivity index (χ0) is 8.48. The minimum absolute atomic E-state index is 0.168.